The molecule has 6 heteroatoms. The monoisotopic (exact) mass is 387 g/mol. The van der Waals surface area contributed by atoms with Gasteiger partial charge in [-0.15, -0.1) is 13.2 Å². The molecule has 28 heavy (non-hydrogen) atoms. The molecule has 0 heterocycles. The molecule has 0 bridgehead atoms. The third-order valence-corrected chi connectivity index (χ3v) is 4.51. The molecule has 0 N–H and O–H groups in total. The Morgan fingerprint density at radius 3 is 2.07 bits per heavy atom. The molecule has 1 unspecified atom stereocenters. The Morgan fingerprint density at radius 1 is 1.07 bits per heavy atom. The Kier molecular flexibility index (Phi) is 8.16. The summed E-state index contributed by atoms with van der Waals surface area (Å²) in [4.78, 5) is 38.4. The second kappa shape index (κ2) is 9.88. The molecule has 1 amide bonds. The maximum Gasteiger partial charge on any atom is 0.513 e. The standard InChI is InChI=1S/C20H25NO5.C2H4/c1-11-7-12(2)17(13(3)8-11)18-15(22)9-14(19(23)21(4)5)10-16(18)26-20(24)25-6;1-2/h7-8,14H,9-10H2,1-6H3;1-2H2. The van der Waals surface area contributed by atoms with Gasteiger partial charge in [0.1, 0.15) is 5.76 Å². The molecule has 0 saturated carbocycles. The van der Waals surface area contributed by atoms with Gasteiger partial charge in [0.05, 0.1) is 18.6 Å². The molecule has 0 radical (unpaired) electrons. The lowest BCUT2D eigenvalue weighted by Gasteiger charge is -2.28. The molecule has 1 aromatic rings. The van der Waals surface area contributed by atoms with Crippen LogP contribution in [-0.2, 0) is 19.1 Å². The summed E-state index contributed by atoms with van der Waals surface area (Å²) in [5, 5.41) is 0. The van der Waals surface area contributed by atoms with Crippen molar-refractivity contribution in [3.05, 3.63) is 53.3 Å². The van der Waals surface area contributed by atoms with Crippen LogP contribution in [0.1, 0.15) is 35.1 Å². The van der Waals surface area contributed by atoms with Crippen molar-refractivity contribution >= 4 is 23.4 Å². The van der Waals surface area contributed by atoms with Gasteiger partial charge >= 0.3 is 6.16 Å². The van der Waals surface area contributed by atoms with E-state index in [2.05, 4.69) is 17.9 Å². The third kappa shape index (κ3) is 5.09. The zero-order valence-electron chi connectivity index (χ0n) is 17.5. The van der Waals surface area contributed by atoms with Crippen molar-refractivity contribution in [2.24, 2.45) is 5.92 Å². The predicted molar refractivity (Wildman–Crippen MR) is 109 cm³/mol. The summed E-state index contributed by atoms with van der Waals surface area (Å²) in [5.41, 5.74) is 4.07. The number of hydrogen-bond acceptors (Lipinski definition) is 5. The number of allylic oxidation sites excluding steroid dienone is 2. The number of rotatable bonds is 3. The van der Waals surface area contributed by atoms with E-state index in [1.165, 1.54) is 12.0 Å². The topological polar surface area (TPSA) is 72.9 Å². The zero-order chi connectivity index (χ0) is 21.6. The Hall–Kier alpha value is -2.89. The van der Waals surface area contributed by atoms with Crippen LogP contribution in [-0.4, -0.2) is 44.0 Å². The Morgan fingerprint density at radius 2 is 1.61 bits per heavy atom. The Labute approximate surface area is 166 Å². The summed E-state index contributed by atoms with van der Waals surface area (Å²) < 4.78 is 9.90. The van der Waals surface area contributed by atoms with E-state index in [-0.39, 0.29) is 30.3 Å². The van der Waals surface area contributed by atoms with E-state index in [1.807, 2.05) is 32.9 Å². The number of ketones is 1. The van der Waals surface area contributed by atoms with E-state index >= 15 is 0 Å². The van der Waals surface area contributed by atoms with Crippen LogP contribution in [0.5, 0.6) is 0 Å². The third-order valence-electron chi connectivity index (χ3n) is 4.51. The van der Waals surface area contributed by atoms with E-state index in [9.17, 15) is 14.4 Å². The van der Waals surface area contributed by atoms with Crippen LogP contribution < -0.4 is 0 Å². The van der Waals surface area contributed by atoms with Gasteiger partial charge < -0.3 is 14.4 Å². The minimum absolute atomic E-state index is 0.0904. The fraction of sp³-hybridized carbons (Fsp3) is 0.409. The first-order valence-corrected chi connectivity index (χ1v) is 8.97. The summed E-state index contributed by atoms with van der Waals surface area (Å²) in [6.45, 7) is 11.8. The van der Waals surface area contributed by atoms with E-state index in [1.54, 1.807) is 14.1 Å². The van der Waals surface area contributed by atoms with Crippen molar-refractivity contribution in [2.75, 3.05) is 21.2 Å². The van der Waals surface area contributed by atoms with Crippen LogP contribution in [0.4, 0.5) is 4.79 Å². The van der Waals surface area contributed by atoms with E-state index < -0.39 is 12.1 Å². The summed E-state index contributed by atoms with van der Waals surface area (Å²) in [6.07, 6.45) is -0.627. The van der Waals surface area contributed by atoms with E-state index in [0.717, 1.165) is 22.3 Å². The highest BCUT2D eigenvalue weighted by Crippen LogP contribution is 2.37. The number of Topliss-reactive ketones (excluding diaryl/α,β-unsaturated/α-hetero) is 1. The molecule has 152 valence electrons. The largest absolute Gasteiger partial charge is 0.513 e. The predicted octanol–water partition coefficient (Wildman–Crippen LogP) is 3.98. The average Bonchev–Trinajstić information content (AvgIpc) is 2.63. The first-order valence-electron chi connectivity index (χ1n) is 8.97. The van der Waals surface area contributed by atoms with Crippen LogP contribution in [0.15, 0.2) is 31.0 Å². The van der Waals surface area contributed by atoms with Crippen molar-refractivity contribution in [3.8, 4) is 0 Å². The minimum atomic E-state index is -0.898. The van der Waals surface area contributed by atoms with E-state index in [4.69, 9.17) is 4.74 Å². The number of benzene rings is 1. The molecule has 0 saturated heterocycles. The molecule has 6 nitrogen and oxygen atoms in total. The number of methoxy groups -OCH3 is 1. The number of nitrogens with zero attached hydrogens (tertiary/aromatic N) is 1. The van der Waals surface area contributed by atoms with Crippen LogP contribution in [0.2, 0.25) is 0 Å². The highest BCUT2D eigenvalue weighted by molar-refractivity contribution is 6.23. The van der Waals surface area contributed by atoms with Crippen LogP contribution in [0.25, 0.3) is 5.57 Å². The Balaban J connectivity index is 0.00000190. The van der Waals surface area contributed by atoms with Crippen molar-refractivity contribution in [1.29, 1.82) is 0 Å². The lowest BCUT2D eigenvalue weighted by molar-refractivity contribution is -0.135. The van der Waals surface area contributed by atoms with Gasteiger partial charge in [0.25, 0.3) is 0 Å². The second-order valence-corrected chi connectivity index (χ2v) is 6.89. The molecule has 0 fully saturated rings. The van der Waals surface area contributed by atoms with Gasteiger partial charge in [0.2, 0.25) is 5.91 Å². The van der Waals surface area contributed by atoms with Gasteiger partial charge in [-0.1, -0.05) is 17.7 Å². The summed E-state index contributed by atoms with van der Waals surface area (Å²) in [5.74, 6) is -0.721. The van der Waals surface area contributed by atoms with Crippen molar-refractivity contribution < 1.29 is 23.9 Å². The lowest BCUT2D eigenvalue weighted by atomic mass is 9.80. The SMILES string of the molecule is C=C.COC(=O)OC1=C(c2c(C)cc(C)cc2C)C(=O)CC(C(=O)N(C)C)C1. The van der Waals surface area contributed by atoms with Gasteiger partial charge in [0, 0.05) is 26.9 Å². The fourth-order valence-corrected chi connectivity index (χ4v) is 3.51. The first-order chi connectivity index (χ1) is 13.1. The minimum Gasteiger partial charge on any atom is -0.437 e. The van der Waals surface area contributed by atoms with Gasteiger partial charge in [-0.2, -0.15) is 0 Å². The van der Waals surface area contributed by atoms with Crippen molar-refractivity contribution in [3.63, 3.8) is 0 Å². The number of ether oxygens (including phenoxy) is 2. The van der Waals surface area contributed by atoms with E-state index in [0.29, 0.717) is 5.57 Å². The van der Waals surface area contributed by atoms with Gasteiger partial charge in [-0.3, -0.25) is 9.59 Å². The number of amides is 1. The molecular formula is C22H29NO5. The molecule has 1 atom stereocenters. The maximum absolute atomic E-state index is 12.9. The Bertz CT molecular complexity index is 784. The fourth-order valence-electron chi connectivity index (χ4n) is 3.51. The van der Waals surface area contributed by atoms with Crippen LogP contribution in [0.3, 0.4) is 0 Å². The highest BCUT2D eigenvalue weighted by Gasteiger charge is 2.36. The molecule has 1 aliphatic rings. The second-order valence-electron chi connectivity index (χ2n) is 6.89. The lowest BCUT2D eigenvalue weighted by Crippen LogP contribution is -2.34. The summed E-state index contributed by atoms with van der Waals surface area (Å²) >= 11 is 0. The van der Waals surface area contributed by atoms with Crippen molar-refractivity contribution in [2.45, 2.75) is 33.6 Å². The number of aryl methyl sites for hydroxylation is 3. The highest BCUT2D eigenvalue weighted by atomic mass is 16.7. The zero-order valence-corrected chi connectivity index (χ0v) is 17.5. The molecule has 1 aliphatic carbocycles. The number of carbonyl (C=O) groups excluding carboxylic acids is 3. The normalized spacial score (nSPS) is 16.1. The summed E-state index contributed by atoms with van der Waals surface area (Å²) in [7, 11) is 4.49. The molecule has 0 spiro atoms. The smallest absolute Gasteiger partial charge is 0.437 e. The van der Waals surface area contributed by atoms with Gasteiger partial charge in [-0.25, -0.2) is 4.79 Å². The molecule has 1 aromatic carbocycles. The number of hydrogen-bond donors (Lipinski definition) is 0. The summed E-state index contributed by atoms with van der Waals surface area (Å²) in [6, 6.07) is 3.96. The molecule has 2 rings (SSSR count). The molecule has 0 aliphatic heterocycles. The van der Waals surface area contributed by atoms with Crippen LogP contribution >= 0.6 is 0 Å². The quantitative estimate of drug-likeness (QED) is 0.579. The number of carbonyl (C=O) groups is 3. The van der Waals surface area contributed by atoms with Gasteiger partial charge in [-0.05, 0) is 37.5 Å². The molecular weight excluding hydrogens is 358 g/mol. The van der Waals surface area contributed by atoms with Crippen molar-refractivity contribution in [1.82, 2.24) is 4.90 Å². The average molecular weight is 387 g/mol. The van der Waals surface area contributed by atoms with Crippen LogP contribution in [0, 0.1) is 26.7 Å². The van der Waals surface area contributed by atoms with Gasteiger partial charge in [0.15, 0.2) is 5.78 Å². The maximum atomic E-state index is 12.9. The first kappa shape index (κ1) is 23.1. The molecule has 0 aromatic heterocycles.